The SMILES string of the molecule is Cc1ccc(C(C)NCCCN2CCOCC2)o1. The van der Waals surface area contributed by atoms with Crippen LogP contribution in [0, 0.1) is 6.92 Å². The van der Waals surface area contributed by atoms with Crippen LogP contribution in [0.25, 0.3) is 0 Å². The molecule has 1 unspecified atom stereocenters. The number of morpholine rings is 1. The van der Waals surface area contributed by atoms with Crippen molar-refractivity contribution in [2.45, 2.75) is 26.3 Å². The molecule has 1 aromatic rings. The van der Waals surface area contributed by atoms with E-state index < -0.39 is 0 Å². The average molecular weight is 252 g/mol. The van der Waals surface area contributed by atoms with Gasteiger partial charge >= 0.3 is 0 Å². The molecule has 1 saturated heterocycles. The molecule has 4 nitrogen and oxygen atoms in total. The molecule has 1 aliphatic rings. The molecule has 1 aromatic heterocycles. The third-order valence-corrected chi connectivity index (χ3v) is 3.39. The van der Waals surface area contributed by atoms with Crippen LogP contribution in [0.1, 0.15) is 30.9 Å². The minimum absolute atomic E-state index is 0.295. The van der Waals surface area contributed by atoms with Crippen molar-refractivity contribution in [3.8, 4) is 0 Å². The van der Waals surface area contributed by atoms with Crippen molar-refractivity contribution < 1.29 is 9.15 Å². The van der Waals surface area contributed by atoms with E-state index in [1.807, 2.05) is 13.0 Å². The highest BCUT2D eigenvalue weighted by Gasteiger charge is 2.11. The van der Waals surface area contributed by atoms with Gasteiger partial charge in [-0.3, -0.25) is 4.90 Å². The molecule has 0 saturated carbocycles. The molecule has 4 heteroatoms. The van der Waals surface area contributed by atoms with Crippen LogP contribution in [0.15, 0.2) is 16.5 Å². The maximum atomic E-state index is 5.60. The molecule has 102 valence electrons. The van der Waals surface area contributed by atoms with Gasteiger partial charge < -0.3 is 14.5 Å². The quantitative estimate of drug-likeness (QED) is 0.785. The van der Waals surface area contributed by atoms with Crippen LogP contribution in [0.3, 0.4) is 0 Å². The molecule has 0 amide bonds. The van der Waals surface area contributed by atoms with Crippen molar-refractivity contribution in [1.82, 2.24) is 10.2 Å². The summed E-state index contributed by atoms with van der Waals surface area (Å²) >= 11 is 0. The van der Waals surface area contributed by atoms with E-state index in [-0.39, 0.29) is 0 Å². The fraction of sp³-hybridized carbons (Fsp3) is 0.714. The van der Waals surface area contributed by atoms with Gasteiger partial charge in [0.25, 0.3) is 0 Å². The Labute approximate surface area is 109 Å². The molecule has 1 aliphatic heterocycles. The zero-order valence-electron chi connectivity index (χ0n) is 11.4. The Morgan fingerprint density at radius 1 is 1.33 bits per heavy atom. The topological polar surface area (TPSA) is 37.6 Å². The van der Waals surface area contributed by atoms with Gasteiger partial charge in [0.1, 0.15) is 11.5 Å². The second-order valence-corrected chi connectivity index (χ2v) is 4.93. The third-order valence-electron chi connectivity index (χ3n) is 3.39. The van der Waals surface area contributed by atoms with E-state index in [1.165, 1.54) is 6.42 Å². The Bertz CT molecular complexity index is 345. The lowest BCUT2D eigenvalue weighted by atomic mass is 10.2. The van der Waals surface area contributed by atoms with Gasteiger partial charge in [-0.05, 0) is 45.5 Å². The smallest absolute Gasteiger partial charge is 0.120 e. The van der Waals surface area contributed by atoms with Crippen molar-refractivity contribution >= 4 is 0 Å². The summed E-state index contributed by atoms with van der Waals surface area (Å²) in [6.45, 7) is 10.2. The van der Waals surface area contributed by atoms with Gasteiger partial charge in [-0.25, -0.2) is 0 Å². The van der Waals surface area contributed by atoms with E-state index in [1.54, 1.807) is 0 Å². The van der Waals surface area contributed by atoms with Crippen LogP contribution in [0.2, 0.25) is 0 Å². The molecular formula is C14H24N2O2. The third kappa shape index (κ3) is 4.12. The molecule has 18 heavy (non-hydrogen) atoms. The van der Waals surface area contributed by atoms with Crippen molar-refractivity contribution in [2.24, 2.45) is 0 Å². The Morgan fingerprint density at radius 3 is 2.78 bits per heavy atom. The minimum atomic E-state index is 0.295. The van der Waals surface area contributed by atoms with Crippen molar-refractivity contribution in [2.75, 3.05) is 39.4 Å². The lowest BCUT2D eigenvalue weighted by Crippen LogP contribution is -2.37. The van der Waals surface area contributed by atoms with E-state index in [2.05, 4.69) is 23.2 Å². The monoisotopic (exact) mass is 252 g/mol. The lowest BCUT2D eigenvalue weighted by molar-refractivity contribution is 0.0374. The van der Waals surface area contributed by atoms with Crippen molar-refractivity contribution in [1.29, 1.82) is 0 Å². The summed E-state index contributed by atoms with van der Waals surface area (Å²) in [5.74, 6) is 2.01. The summed E-state index contributed by atoms with van der Waals surface area (Å²) < 4.78 is 10.9. The van der Waals surface area contributed by atoms with Crippen LogP contribution in [0.4, 0.5) is 0 Å². The Balaban J connectivity index is 1.60. The highest BCUT2D eigenvalue weighted by molar-refractivity contribution is 5.08. The number of hydrogen-bond acceptors (Lipinski definition) is 4. The van der Waals surface area contributed by atoms with Crippen LogP contribution in [-0.2, 0) is 4.74 Å². The first-order valence-electron chi connectivity index (χ1n) is 6.85. The number of nitrogens with zero attached hydrogens (tertiary/aromatic N) is 1. The predicted molar refractivity (Wildman–Crippen MR) is 71.7 cm³/mol. The molecule has 1 atom stereocenters. The van der Waals surface area contributed by atoms with Crippen LogP contribution in [0.5, 0.6) is 0 Å². The van der Waals surface area contributed by atoms with Gasteiger partial charge in [-0.15, -0.1) is 0 Å². The summed E-state index contributed by atoms with van der Waals surface area (Å²) in [7, 11) is 0. The predicted octanol–water partition coefficient (Wildman–Crippen LogP) is 1.96. The first-order valence-corrected chi connectivity index (χ1v) is 6.85. The van der Waals surface area contributed by atoms with Crippen molar-refractivity contribution in [3.05, 3.63) is 23.7 Å². The number of rotatable bonds is 6. The number of ether oxygens (including phenoxy) is 1. The molecule has 2 heterocycles. The van der Waals surface area contributed by atoms with E-state index in [0.29, 0.717) is 6.04 Å². The number of aryl methyl sites for hydroxylation is 1. The van der Waals surface area contributed by atoms with Gasteiger partial charge in [-0.2, -0.15) is 0 Å². The molecule has 0 aliphatic carbocycles. The Morgan fingerprint density at radius 2 is 2.11 bits per heavy atom. The Hall–Kier alpha value is -0.840. The first-order chi connectivity index (χ1) is 8.75. The molecule has 0 radical (unpaired) electrons. The van der Waals surface area contributed by atoms with E-state index in [9.17, 15) is 0 Å². The fourth-order valence-corrected chi connectivity index (χ4v) is 2.23. The van der Waals surface area contributed by atoms with Gasteiger partial charge in [0.2, 0.25) is 0 Å². The van der Waals surface area contributed by atoms with Crippen LogP contribution >= 0.6 is 0 Å². The zero-order valence-corrected chi connectivity index (χ0v) is 11.4. The van der Waals surface area contributed by atoms with Crippen LogP contribution < -0.4 is 5.32 Å². The summed E-state index contributed by atoms with van der Waals surface area (Å²) in [5.41, 5.74) is 0. The van der Waals surface area contributed by atoms with Gasteiger partial charge in [0, 0.05) is 13.1 Å². The first kappa shape index (κ1) is 13.6. The second-order valence-electron chi connectivity index (χ2n) is 4.93. The van der Waals surface area contributed by atoms with E-state index in [4.69, 9.17) is 9.15 Å². The zero-order chi connectivity index (χ0) is 12.8. The maximum absolute atomic E-state index is 5.60. The molecule has 2 rings (SSSR count). The Kier molecular flexibility index (Phi) is 5.23. The minimum Gasteiger partial charge on any atom is -0.465 e. The second kappa shape index (κ2) is 6.92. The highest BCUT2D eigenvalue weighted by atomic mass is 16.5. The normalized spacial score (nSPS) is 19.0. The molecule has 1 fully saturated rings. The standard InChI is InChI=1S/C14H24N2O2/c1-12-4-5-14(18-12)13(2)15-6-3-7-16-8-10-17-11-9-16/h4-5,13,15H,3,6-11H2,1-2H3. The van der Waals surface area contributed by atoms with E-state index >= 15 is 0 Å². The average Bonchev–Trinajstić information content (AvgIpc) is 2.82. The maximum Gasteiger partial charge on any atom is 0.120 e. The molecule has 0 aromatic carbocycles. The number of furan rings is 1. The number of hydrogen-bond donors (Lipinski definition) is 1. The van der Waals surface area contributed by atoms with E-state index in [0.717, 1.165) is 50.9 Å². The number of nitrogens with one attached hydrogen (secondary N) is 1. The molecule has 0 bridgehead atoms. The fourth-order valence-electron chi connectivity index (χ4n) is 2.23. The van der Waals surface area contributed by atoms with Crippen LogP contribution in [-0.4, -0.2) is 44.3 Å². The summed E-state index contributed by atoms with van der Waals surface area (Å²) in [6, 6.07) is 4.36. The van der Waals surface area contributed by atoms with Gasteiger partial charge in [0.15, 0.2) is 0 Å². The summed E-state index contributed by atoms with van der Waals surface area (Å²) in [6.07, 6.45) is 1.17. The molecular weight excluding hydrogens is 228 g/mol. The molecule has 0 spiro atoms. The molecule has 1 N–H and O–H groups in total. The summed E-state index contributed by atoms with van der Waals surface area (Å²) in [5, 5.41) is 3.50. The van der Waals surface area contributed by atoms with Crippen molar-refractivity contribution in [3.63, 3.8) is 0 Å². The summed E-state index contributed by atoms with van der Waals surface area (Å²) in [4.78, 5) is 2.47. The highest BCUT2D eigenvalue weighted by Crippen LogP contribution is 2.15. The largest absolute Gasteiger partial charge is 0.465 e. The van der Waals surface area contributed by atoms with Gasteiger partial charge in [0.05, 0.1) is 19.3 Å². The van der Waals surface area contributed by atoms with Gasteiger partial charge in [-0.1, -0.05) is 0 Å². The lowest BCUT2D eigenvalue weighted by Gasteiger charge is -2.26.